The van der Waals surface area contributed by atoms with Crippen molar-refractivity contribution in [3.05, 3.63) is 0 Å². The van der Waals surface area contributed by atoms with Crippen molar-refractivity contribution in [2.24, 2.45) is 0 Å². The first-order chi connectivity index (χ1) is 8.38. The number of likely N-dealkylation sites (tertiary alicyclic amines) is 1. The van der Waals surface area contributed by atoms with Gasteiger partial charge in [-0.1, -0.05) is 13.3 Å². The van der Waals surface area contributed by atoms with Gasteiger partial charge in [0.1, 0.15) is 0 Å². The van der Waals surface area contributed by atoms with Crippen LogP contribution in [-0.2, 0) is 0 Å². The summed E-state index contributed by atoms with van der Waals surface area (Å²) in [5.74, 6) is 0. The summed E-state index contributed by atoms with van der Waals surface area (Å²) in [6, 6.07) is 0.731. The van der Waals surface area contributed by atoms with Crippen LogP contribution in [0, 0.1) is 0 Å². The highest BCUT2D eigenvalue weighted by Gasteiger charge is 2.19. The van der Waals surface area contributed by atoms with E-state index in [1.165, 1.54) is 77.7 Å². The van der Waals surface area contributed by atoms with E-state index in [-0.39, 0.29) is 0 Å². The van der Waals surface area contributed by atoms with E-state index >= 15 is 0 Å². The molecule has 2 aliphatic heterocycles. The van der Waals surface area contributed by atoms with Gasteiger partial charge in [0.2, 0.25) is 0 Å². The second-order valence-electron chi connectivity index (χ2n) is 5.65. The van der Waals surface area contributed by atoms with Gasteiger partial charge < -0.3 is 4.90 Å². The number of hydrogen-bond acceptors (Lipinski definition) is 3. The first kappa shape index (κ1) is 13.3. The topological polar surface area (TPSA) is 18.5 Å². The van der Waals surface area contributed by atoms with Crippen LogP contribution in [-0.4, -0.2) is 48.7 Å². The minimum Gasteiger partial charge on any atom is -0.303 e. The molecule has 2 rings (SSSR count). The van der Waals surface area contributed by atoms with Gasteiger partial charge in [0.05, 0.1) is 0 Å². The van der Waals surface area contributed by atoms with Gasteiger partial charge in [-0.25, -0.2) is 5.01 Å². The van der Waals surface area contributed by atoms with E-state index in [9.17, 15) is 0 Å². The number of nitrogens with zero attached hydrogens (tertiary/aromatic N) is 2. The van der Waals surface area contributed by atoms with Crippen molar-refractivity contribution in [3.63, 3.8) is 0 Å². The highest BCUT2D eigenvalue weighted by Crippen LogP contribution is 2.13. The molecule has 0 spiro atoms. The fourth-order valence-electron chi connectivity index (χ4n) is 3.11. The Labute approximate surface area is 107 Å². The molecule has 3 nitrogen and oxygen atoms in total. The van der Waals surface area contributed by atoms with Gasteiger partial charge in [-0.15, -0.1) is 0 Å². The summed E-state index contributed by atoms with van der Waals surface area (Å²) in [5, 5.41) is 2.48. The van der Waals surface area contributed by atoms with Crippen LogP contribution < -0.4 is 5.43 Å². The molecule has 17 heavy (non-hydrogen) atoms. The maximum atomic E-state index is 3.77. The lowest BCUT2D eigenvalue weighted by Crippen LogP contribution is -2.47. The highest BCUT2D eigenvalue weighted by atomic mass is 15.5. The second-order valence-corrected chi connectivity index (χ2v) is 5.65. The lowest BCUT2D eigenvalue weighted by Gasteiger charge is -2.31. The Balaban J connectivity index is 1.70. The van der Waals surface area contributed by atoms with Crippen molar-refractivity contribution in [2.45, 2.75) is 57.9 Å². The van der Waals surface area contributed by atoms with Crippen LogP contribution >= 0.6 is 0 Å². The Bertz CT molecular complexity index is 202. The van der Waals surface area contributed by atoms with Crippen LogP contribution in [0.2, 0.25) is 0 Å². The Hall–Kier alpha value is -0.120. The molecular weight excluding hydrogens is 210 g/mol. The number of piperidine rings is 1. The van der Waals surface area contributed by atoms with E-state index in [4.69, 9.17) is 0 Å². The van der Waals surface area contributed by atoms with Crippen LogP contribution in [0.1, 0.15) is 51.9 Å². The van der Waals surface area contributed by atoms with E-state index in [1.54, 1.807) is 0 Å². The third kappa shape index (κ3) is 4.57. The van der Waals surface area contributed by atoms with Gasteiger partial charge in [0, 0.05) is 19.1 Å². The Morgan fingerprint density at radius 1 is 0.941 bits per heavy atom. The van der Waals surface area contributed by atoms with Crippen LogP contribution in [0.5, 0.6) is 0 Å². The zero-order valence-electron chi connectivity index (χ0n) is 11.5. The smallest absolute Gasteiger partial charge is 0.0227 e. The number of hydrazine groups is 1. The van der Waals surface area contributed by atoms with Gasteiger partial charge in [-0.2, -0.15) is 0 Å². The van der Waals surface area contributed by atoms with Gasteiger partial charge in [0.15, 0.2) is 0 Å². The summed E-state index contributed by atoms with van der Waals surface area (Å²) in [6.45, 7) is 8.69. The zero-order valence-corrected chi connectivity index (χ0v) is 11.5. The molecule has 0 radical (unpaired) electrons. The van der Waals surface area contributed by atoms with Gasteiger partial charge in [-0.3, -0.25) is 5.43 Å². The van der Waals surface area contributed by atoms with E-state index < -0.39 is 0 Å². The second kappa shape index (κ2) is 7.34. The van der Waals surface area contributed by atoms with Gasteiger partial charge in [0.25, 0.3) is 0 Å². The van der Waals surface area contributed by atoms with Crippen LogP contribution in [0.3, 0.4) is 0 Å². The number of hydrogen-bond donors (Lipinski definition) is 1. The lowest BCUT2D eigenvalue weighted by molar-refractivity contribution is 0.122. The van der Waals surface area contributed by atoms with Crippen LogP contribution in [0.15, 0.2) is 0 Å². The molecular formula is C14H29N3. The lowest BCUT2D eigenvalue weighted by atomic mass is 10.1. The Morgan fingerprint density at radius 3 is 2.53 bits per heavy atom. The van der Waals surface area contributed by atoms with Gasteiger partial charge in [-0.05, 0) is 58.2 Å². The van der Waals surface area contributed by atoms with Crippen LogP contribution in [0.25, 0.3) is 0 Å². The monoisotopic (exact) mass is 239 g/mol. The van der Waals surface area contributed by atoms with Crippen molar-refractivity contribution < 1.29 is 0 Å². The third-order valence-corrected chi connectivity index (χ3v) is 4.08. The molecule has 0 aromatic rings. The van der Waals surface area contributed by atoms with Crippen molar-refractivity contribution in [2.75, 3.05) is 32.7 Å². The maximum absolute atomic E-state index is 3.77. The summed E-state index contributed by atoms with van der Waals surface area (Å²) in [6.07, 6.45) is 9.53. The normalized spacial score (nSPS) is 29.1. The first-order valence-electron chi connectivity index (χ1n) is 7.62. The molecule has 0 bridgehead atoms. The summed E-state index contributed by atoms with van der Waals surface area (Å²) >= 11 is 0. The predicted molar refractivity (Wildman–Crippen MR) is 72.9 cm³/mol. The molecule has 3 heteroatoms. The van der Waals surface area contributed by atoms with E-state index in [0.29, 0.717) is 0 Å². The van der Waals surface area contributed by atoms with E-state index in [2.05, 4.69) is 22.3 Å². The number of nitrogens with one attached hydrogen (secondary N) is 1. The van der Waals surface area contributed by atoms with Crippen molar-refractivity contribution in [1.29, 1.82) is 0 Å². The molecule has 0 amide bonds. The largest absolute Gasteiger partial charge is 0.303 e. The first-order valence-corrected chi connectivity index (χ1v) is 7.62. The average Bonchev–Trinajstić information content (AvgIpc) is 2.57. The minimum atomic E-state index is 0.731. The summed E-state index contributed by atoms with van der Waals surface area (Å²) in [7, 11) is 0. The SMILES string of the molecule is CCCN1CCCC(NN2CCCCC2)CC1. The molecule has 2 fully saturated rings. The standard InChI is InChI=1S/C14H29N3/c1-2-9-16-10-6-7-14(8-13-16)15-17-11-4-3-5-12-17/h14-15H,2-13H2,1H3. The molecule has 0 saturated carbocycles. The molecule has 100 valence electrons. The van der Waals surface area contributed by atoms with Crippen molar-refractivity contribution in [3.8, 4) is 0 Å². The molecule has 0 aromatic heterocycles. The molecule has 1 unspecified atom stereocenters. The summed E-state index contributed by atoms with van der Waals surface area (Å²) in [5.41, 5.74) is 3.77. The molecule has 1 N–H and O–H groups in total. The molecule has 1 atom stereocenters. The van der Waals surface area contributed by atoms with E-state index in [0.717, 1.165) is 6.04 Å². The quantitative estimate of drug-likeness (QED) is 0.812. The highest BCUT2D eigenvalue weighted by molar-refractivity contribution is 4.75. The average molecular weight is 239 g/mol. The molecule has 0 aromatic carbocycles. The molecule has 2 heterocycles. The Kier molecular flexibility index (Phi) is 5.75. The molecule has 0 aliphatic carbocycles. The fraction of sp³-hybridized carbons (Fsp3) is 1.00. The van der Waals surface area contributed by atoms with Crippen LogP contribution in [0.4, 0.5) is 0 Å². The maximum Gasteiger partial charge on any atom is 0.0227 e. The van der Waals surface area contributed by atoms with E-state index in [1.807, 2.05) is 0 Å². The summed E-state index contributed by atoms with van der Waals surface area (Å²) in [4.78, 5) is 2.64. The fourth-order valence-corrected chi connectivity index (χ4v) is 3.11. The van der Waals surface area contributed by atoms with Crippen molar-refractivity contribution >= 4 is 0 Å². The van der Waals surface area contributed by atoms with Crippen molar-refractivity contribution in [1.82, 2.24) is 15.3 Å². The number of rotatable bonds is 4. The summed E-state index contributed by atoms with van der Waals surface area (Å²) < 4.78 is 0. The molecule has 2 aliphatic rings. The third-order valence-electron chi connectivity index (χ3n) is 4.08. The minimum absolute atomic E-state index is 0.731. The Morgan fingerprint density at radius 2 is 1.76 bits per heavy atom. The zero-order chi connectivity index (χ0) is 11.9. The molecule has 2 saturated heterocycles. The van der Waals surface area contributed by atoms with Gasteiger partial charge >= 0.3 is 0 Å². The predicted octanol–water partition coefficient (Wildman–Crippen LogP) is 2.24.